The monoisotopic (exact) mass is 278 g/mol. The van der Waals surface area contributed by atoms with Gasteiger partial charge in [0, 0.05) is 12.8 Å². The fraction of sp³-hybridized carbons (Fsp3) is 0.727. The van der Waals surface area contributed by atoms with Crippen LogP contribution in [0.1, 0.15) is 32.1 Å². The first-order valence-corrected chi connectivity index (χ1v) is 5.89. The number of esters is 1. The van der Waals surface area contributed by atoms with E-state index in [1.807, 2.05) is 0 Å². The van der Waals surface area contributed by atoms with E-state index in [1.54, 1.807) is 0 Å². The first-order valence-electron chi connectivity index (χ1n) is 5.89. The van der Waals surface area contributed by atoms with E-state index in [9.17, 15) is 14.4 Å². The van der Waals surface area contributed by atoms with Crippen molar-refractivity contribution in [3.8, 4) is 0 Å². The van der Waals surface area contributed by atoms with Gasteiger partial charge in [0.15, 0.2) is 0 Å². The van der Waals surface area contributed by atoms with Gasteiger partial charge >= 0.3 is 18.3 Å². The zero-order valence-corrected chi connectivity index (χ0v) is 10.5. The molecule has 0 bridgehead atoms. The van der Waals surface area contributed by atoms with Gasteiger partial charge in [-0.2, -0.15) is 0 Å². The summed E-state index contributed by atoms with van der Waals surface area (Å²) in [4.78, 5) is 29.9. The summed E-state index contributed by atoms with van der Waals surface area (Å²) < 4.78 is 12.9. The number of rotatable bonds is 4. The van der Waals surface area contributed by atoms with E-state index >= 15 is 0 Å². The second kappa shape index (κ2) is 11.1. The van der Waals surface area contributed by atoms with Crippen LogP contribution in [0.2, 0.25) is 0 Å². The van der Waals surface area contributed by atoms with Crippen LogP contribution in [0.3, 0.4) is 0 Å². The van der Waals surface area contributed by atoms with Gasteiger partial charge in [0.05, 0.1) is 19.8 Å². The number of hydrogen-bond acceptors (Lipinski definition) is 6. The highest BCUT2D eigenvalue weighted by atomic mass is 16.7. The first-order chi connectivity index (χ1) is 9.02. The van der Waals surface area contributed by atoms with Crippen molar-refractivity contribution in [1.82, 2.24) is 0 Å². The van der Waals surface area contributed by atoms with E-state index < -0.39 is 12.3 Å². The van der Waals surface area contributed by atoms with Crippen LogP contribution >= 0.6 is 0 Å². The maximum Gasteiger partial charge on any atom is 0.505 e. The Kier molecular flexibility index (Phi) is 9.96. The van der Waals surface area contributed by atoms with Crippen molar-refractivity contribution < 1.29 is 38.8 Å². The summed E-state index contributed by atoms with van der Waals surface area (Å²) in [6.07, 6.45) is 1.32. The molecule has 0 aliphatic carbocycles. The second-order valence-corrected chi connectivity index (χ2v) is 3.61. The molecule has 0 aromatic carbocycles. The zero-order chi connectivity index (χ0) is 14.5. The van der Waals surface area contributed by atoms with Crippen LogP contribution < -0.4 is 0 Å². The Morgan fingerprint density at radius 3 is 2.16 bits per heavy atom. The molecular weight excluding hydrogens is 260 g/mol. The molecule has 0 atom stereocenters. The molecule has 1 heterocycles. The van der Waals surface area contributed by atoms with Gasteiger partial charge in [0.1, 0.15) is 0 Å². The summed E-state index contributed by atoms with van der Waals surface area (Å²) in [5.41, 5.74) is 0. The molecule has 0 amide bonds. The van der Waals surface area contributed by atoms with Crippen LogP contribution in [-0.4, -0.2) is 48.3 Å². The van der Waals surface area contributed by atoms with Gasteiger partial charge in [-0.1, -0.05) is 0 Å². The summed E-state index contributed by atoms with van der Waals surface area (Å²) >= 11 is 0. The first kappa shape index (κ1) is 17.0. The lowest BCUT2D eigenvalue weighted by Gasteiger charge is -1.99. The van der Waals surface area contributed by atoms with E-state index in [2.05, 4.69) is 9.47 Å². The van der Waals surface area contributed by atoms with E-state index in [-0.39, 0.29) is 25.6 Å². The number of carbonyl (C=O) groups excluding carboxylic acids is 1. The van der Waals surface area contributed by atoms with Gasteiger partial charge in [-0.3, -0.25) is 4.79 Å². The van der Waals surface area contributed by atoms with Crippen LogP contribution in [0.4, 0.5) is 9.59 Å². The van der Waals surface area contributed by atoms with E-state index in [4.69, 9.17) is 14.9 Å². The number of hydrogen-bond donors (Lipinski definition) is 2. The van der Waals surface area contributed by atoms with E-state index in [1.165, 1.54) is 0 Å². The van der Waals surface area contributed by atoms with Crippen molar-refractivity contribution in [1.29, 1.82) is 0 Å². The molecule has 0 radical (unpaired) electrons. The molecule has 1 fully saturated rings. The number of carboxylic acid groups (broad SMARTS) is 2. The van der Waals surface area contributed by atoms with Crippen LogP contribution in [0.15, 0.2) is 0 Å². The van der Waals surface area contributed by atoms with Crippen molar-refractivity contribution in [3.63, 3.8) is 0 Å². The number of cyclic esters (lactones) is 1. The van der Waals surface area contributed by atoms with Crippen molar-refractivity contribution in [2.45, 2.75) is 32.1 Å². The van der Waals surface area contributed by atoms with Gasteiger partial charge in [-0.25, -0.2) is 9.59 Å². The molecule has 110 valence electrons. The highest BCUT2D eigenvalue weighted by Gasteiger charge is 2.05. The van der Waals surface area contributed by atoms with Gasteiger partial charge in [-0.05, 0) is 19.3 Å². The minimum absolute atomic E-state index is 0.0255. The molecule has 1 rings (SSSR count). The summed E-state index contributed by atoms with van der Waals surface area (Å²) in [5.74, 6) is -0.0255. The van der Waals surface area contributed by atoms with Gasteiger partial charge in [0.25, 0.3) is 0 Å². The highest BCUT2D eigenvalue weighted by molar-refractivity contribution is 5.69. The van der Waals surface area contributed by atoms with Crippen LogP contribution in [-0.2, 0) is 19.0 Å². The zero-order valence-electron chi connectivity index (χ0n) is 10.5. The van der Waals surface area contributed by atoms with E-state index in [0.29, 0.717) is 13.0 Å². The molecule has 0 saturated carbocycles. The van der Waals surface area contributed by atoms with Gasteiger partial charge in [0.2, 0.25) is 0 Å². The Bertz CT molecular complexity index is 262. The molecule has 0 aromatic heterocycles. The lowest BCUT2D eigenvalue weighted by molar-refractivity contribution is -0.142. The molecule has 8 heteroatoms. The molecule has 0 unspecified atom stereocenters. The third-order valence-corrected chi connectivity index (χ3v) is 2.03. The molecule has 2 N–H and O–H groups in total. The molecule has 19 heavy (non-hydrogen) atoms. The van der Waals surface area contributed by atoms with Gasteiger partial charge in [-0.15, -0.1) is 0 Å². The minimum Gasteiger partial charge on any atom is -0.466 e. The summed E-state index contributed by atoms with van der Waals surface area (Å²) in [5, 5.41) is 15.9. The summed E-state index contributed by atoms with van der Waals surface area (Å²) in [7, 11) is 0. The third kappa shape index (κ3) is 13.9. The number of carbonyl (C=O) groups is 3. The Morgan fingerprint density at radius 1 is 1.05 bits per heavy atom. The largest absolute Gasteiger partial charge is 0.505 e. The lowest BCUT2D eigenvalue weighted by atomic mass is 10.2. The predicted molar refractivity (Wildman–Crippen MR) is 62.0 cm³/mol. The molecule has 1 saturated heterocycles. The highest BCUT2D eigenvalue weighted by Crippen LogP contribution is 2.06. The standard InChI is InChI=1S/C6H10O2.C5H8O6/c7-6-4-2-1-3-5-8-6;6-4(7)10-2-1-3-11-5(8)9/h1-5H2;1-3H2,(H,6,7)(H,8,9). The molecule has 1 aliphatic rings. The topological polar surface area (TPSA) is 119 Å². The third-order valence-electron chi connectivity index (χ3n) is 2.03. The molecule has 0 aromatic rings. The van der Waals surface area contributed by atoms with Crippen molar-refractivity contribution in [3.05, 3.63) is 0 Å². The van der Waals surface area contributed by atoms with Gasteiger partial charge < -0.3 is 24.4 Å². The fourth-order valence-corrected chi connectivity index (χ4v) is 1.18. The average molecular weight is 278 g/mol. The summed E-state index contributed by atoms with van der Waals surface area (Å²) in [6, 6.07) is 0. The fourth-order valence-electron chi connectivity index (χ4n) is 1.18. The molecule has 0 spiro atoms. The number of ether oxygens (including phenoxy) is 3. The normalized spacial score (nSPS) is 14.2. The average Bonchev–Trinajstić information content (AvgIpc) is 2.56. The Morgan fingerprint density at radius 2 is 1.63 bits per heavy atom. The minimum atomic E-state index is -1.37. The van der Waals surface area contributed by atoms with Crippen LogP contribution in [0.5, 0.6) is 0 Å². The smallest absolute Gasteiger partial charge is 0.466 e. The molecule has 1 aliphatic heterocycles. The second-order valence-electron chi connectivity index (χ2n) is 3.61. The Labute approximate surface area is 110 Å². The predicted octanol–water partition coefficient (Wildman–Crippen LogP) is 1.87. The molecular formula is C11H18O8. The maximum absolute atomic E-state index is 10.5. The molecule has 8 nitrogen and oxygen atoms in total. The van der Waals surface area contributed by atoms with Crippen molar-refractivity contribution in [2.24, 2.45) is 0 Å². The lowest BCUT2D eigenvalue weighted by Crippen LogP contribution is -2.07. The van der Waals surface area contributed by atoms with Crippen LogP contribution in [0.25, 0.3) is 0 Å². The van der Waals surface area contributed by atoms with E-state index in [0.717, 1.165) is 19.3 Å². The summed E-state index contributed by atoms with van der Waals surface area (Å²) in [6.45, 7) is 0.532. The van der Waals surface area contributed by atoms with Crippen molar-refractivity contribution >= 4 is 18.3 Å². The SMILES string of the molecule is O=C(O)OCCCOC(=O)O.O=C1CCCCCO1. The maximum atomic E-state index is 10.5. The van der Waals surface area contributed by atoms with Crippen molar-refractivity contribution in [2.75, 3.05) is 19.8 Å². The Balaban J connectivity index is 0.000000356. The quantitative estimate of drug-likeness (QED) is 0.454. The Hall–Kier alpha value is -1.99. The van der Waals surface area contributed by atoms with Crippen LogP contribution in [0, 0.1) is 0 Å².